The number of ether oxygens (including phenoxy) is 1. The highest BCUT2D eigenvalue weighted by Crippen LogP contribution is 2.44. The number of nitriles is 2. The van der Waals surface area contributed by atoms with Gasteiger partial charge in [0.2, 0.25) is 12.3 Å². The van der Waals surface area contributed by atoms with Crippen molar-refractivity contribution in [3.8, 4) is 23.3 Å². The second-order valence-corrected chi connectivity index (χ2v) is 13.5. The van der Waals surface area contributed by atoms with Gasteiger partial charge in [0.1, 0.15) is 12.1 Å². The number of piperidine rings is 1. The molecule has 4 rings (SSSR count). The van der Waals surface area contributed by atoms with Crippen LogP contribution in [0.15, 0.2) is 35.2 Å². The van der Waals surface area contributed by atoms with Gasteiger partial charge >= 0.3 is 0 Å². The summed E-state index contributed by atoms with van der Waals surface area (Å²) in [6.07, 6.45) is 1.58. The maximum atomic E-state index is 15.2. The molecule has 9 nitrogen and oxygen atoms in total. The van der Waals surface area contributed by atoms with Gasteiger partial charge in [0.05, 0.1) is 28.2 Å². The SMILES string of the molecule is CC(C)(C)OC(O)N1[C@@H]2CC[C@@H](C2)[C@H]1C(=O)N[C@H](C#N)Cc1ccc(-c2ccc(C#N)c(S(C)(=O)=O)c2)c(F)c1F. The summed E-state index contributed by atoms with van der Waals surface area (Å²) < 4.78 is 60.3. The standard InChI is InChI=1S/C29H32F2N4O5S/c1-29(2,3)40-28(37)35-21-9-7-18(12-21)26(35)27(36)34-20(15-33)11-17-8-10-22(25(31)24(17)30)16-5-6-19(14-32)23(13-16)41(4,38)39/h5-6,8,10,13,18,20-21,26,28,37H,7,9,11-12H2,1-4H3,(H,34,36)/t18-,20-,21+,26-,28?/m0/s1. The molecule has 2 aliphatic rings. The van der Waals surface area contributed by atoms with Gasteiger partial charge in [-0.25, -0.2) is 22.1 Å². The highest BCUT2D eigenvalue weighted by molar-refractivity contribution is 7.90. The third kappa shape index (κ3) is 6.41. The van der Waals surface area contributed by atoms with E-state index in [1.165, 1.54) is 24.3 Å². The molecule has 1 saturated carbocycles. The fourth-order valence-electron chi connectivity index (χ4n) is 5.73. The number of hydrogen-bond acceptors (Lipinski definition) is 8. The molecule has 2 aromatic carbocycles. The molecule has 1 aliphatic carbocycles. The number of rotatable bonds is 8. The zero-order chi connectivity index (χ0) is 30.3. The molecular formula is C29H32F2N4O5S. The van der Waals surface area contributed by atoms with Crippen molar-refractivity contribution in [1.29, 1.82) is 10.5 Å². The van der Waals surface area contributed by atoms with Crippen LogP contribution in [0.25, 0.3) is 11.1 Å². The number of aliphatic hydroxyl groups excluding tert-OH is 1. The number of aliphatic hydroxyl groups is 1. The average molecular weight is 587 g/mol. The lowest BCUT2D eigenvalue weighted by Gasteiger charge is -2.39. The van der Waals surface area contributed by atoms with E-state index in [-0.39, 0.29) is 45.5 Å². The number of fused-ring (bicyclic) bond motifs is 2. The lowest BCUT2D eigenvalue weighted by Crippen LogP contribution is -2.57. The minimum Gasteiger partial charge on any atom is -0.356 e. The van der Waals surface area contributed by atoms with Gasteiger partial charge in [0.15, 0.2) is 21.5 Å². The van der Waals surface area contributed by atoms with E-state index >= 15 is 8.78 Å². The number of sulfone groups is 1. The molecule has 1 saturated heterocycles. The first-order chi connectivity index (χ1) is 19.1. The Morgan fingerprint density at radius 2 is 1.90 bits per heavy atom. The minimum atomic E-state index is -3.81. The van der Waals surface area contributed by atoms with Crippen LogP contribution in [0.1, 0.15) is 51.2 Å². The number of hydrogen-bond donors (Lipinski definition) is 2. The topological polar surface area (TPSA) is 144 Å². The van der Waals surface area contributed by atoms with Crippen LogP contribution in [-0.4, -0.2) is 60.7 Å². The summed E-state index contributed by atoms with van der Waals surface area (Å²) in [6, 6.07) is 7.93. The molecule has 1 heterocycles. The number of nitrogens with one attached hydrogen (secondary N) is 1. The van der Waals surface area contributed by atoms with Crippen molar-refractivity contribution in [3.05, 3.63) is 53.1 Å². The first-order valence-electron chi connectivity index (χ1n) is 13.2. The molecule has 1 aliphatic heterocycles. The monoisotopic (exact) mass is 586 g/mol. The van der Waals surface area contributed by atoms with Crippen LogP contribution in [0.2, 0.25) is 0 Å². The van der Waals surface area contributed by atoms with E-state index in [1.807, 2.05) is 6.07 Å². The van der Waals surface area contributed by atoms with Gasteiger partial charge in [-0.05, 0) is 69.2 Å². The Hall–Kier alpha value is -3.42. The fraction of sp³-hybridized carbons (Fsp3) is 0.483. The molecule has 41 heavy (non-hydrogen) atoms. The predicted molar refractivity (Wildman–Crippen MR) is 144 cm³/mol. The lowest BCUT2D eigenvalue weighted by molar-refractivity contribution is -0.254. The highest BCUT2D eigenvalue weighted by Gasteiger charge is 2.52. The third-order valence-electron chi connectivity index (χ3n) is 7.49. The Labute approximate surface area is 238 Å². The highest BCUT2D eigenvalue weighted by atomic mass is 32.2. The van der Waals surface area contributed by atoms with Crippen molar-refractivity contribution < 1.29 is 31.8 Å². The van der Waals surface area contributed by atoms with Crippen molar-refractivity contribution in [3.63, 3.8) is 0 Å². The third-order valence-corrected chi connectivity index (χ3v) is 8.63. The van der Waals surface area contributed by atoms with E-state index in [9.17, 15) is 28.8 Å². The number of nitrogens with zero attached hydrogens (tertiary/aromatic N) is 3. The average Bonchev–Trinajstić information content (AvgIpc) is 3.51. The first-order valence-corrected chi connectivity index (χ1v) is 15.1. The second kappa shape index (κ2) is 11.5. The molecule has 0 aromatic heterocycles. The van der Waals surface area contributed by atoms with Crippen LogP contribution in [0.3, 0.4) is 0 Å². The zero-order valence-corrected chi connectivity index (χ0v) is 24.0. The van der Waals surface area contributed by atoms with Crippen LogP contribution >= 0.6 is 0 Å². The van der Waals surface area contributed by atoms with Gasteiger partial charge in [-0.2, -0.15) is 10.5 Å². The molecule has 218 valence electrons. The maximum Gasteiger partial charge on any atom is 0.238 e. The van der Waals surface area contributed by atoms with Gasteiger partial charge in [-0.15, -0.1) is 0 Å². The fourth-order valence-corrected chi connectivity index (χ4v) is 6.58. The van der Waals surface area contributed by atoms with E-state index in [4.69, 9.17) is 4.74 Å². The Kier molecular flexibility index (Phi) is 8.53. The second-order valence-electron chi connectivity index (χ2n) is 11.6. The zero-order valence-electron chi connectivity index (χ0n) is 23.2. The Morgan fingerprint density at radius 3 is 2.51 bits per heavy atom. The van der Waals surface area contributed by atoms with Crippen LogP contribution in [0.5, 0.6) is 0 Å². The first kappa shape index (κ1) is 30.5. The smallest absolute Gasteiger partial charge is 0.238 e. The van der Waals surface area contributed by atoms with Gasteiger partial charge in [0.25, 0.3) is 0 Å². The molecule has 1 amide bonds. The summed E-state index contributed by atoms with van der Waals surface area (Å²) in [6.45, 7) is 5.36. The Bertz CT molecular complexity index is 1540. The normalized spacial score (nSPS) is 22.1. The van der Waals surface area contributed by atoms with Crippen LogP contribution in [-0.2, 0) is 25.8 Å². The summed E-state index contributed by atoms with van der Waals surface area (Å²) in [5.74, 6) is -3.02. The molecule has 12 heteroatoms. The van der Waals surface area contributed by atoms with Crippen molar-refractivity contribution in [2.75, 3.05) is 6.26 Å². The summed E-state index contributed by atoms with van der Waals surface area (Å²) in [4.78, 5) is 14.6. The quantitative estimate of drug-likeness (QED) is 0.448. The molecule has 0 radical (unpaired) electrons. The van der Waals surface area contributed by atoms with E-state index in [0.29, 0.717) is 6.42 Å². The number of benzene rings is 2. The molecule has 2 aromatic rings. The van der Waals surface area contributed by atoms with E-state index in [0.717, 1.165) is 25.2 Å². The molecule has 5 atom stereocenters. The Balaban J connectivity index is 1.54. The van der Waals surface area contributed by atoms with Crippen molar-refractivity contribution in [2.45, 2.75) is 81.5 Å². The van der Waals surface area contributed by atoms with E-state index in [2.05, 4.69) is 5.32 Å². The van der Waals surface area contributed by atoms with Gasteiger partial charge in [0, 0.05) is 24.3 Å². The number of likely N-dealkylation sites (tertiary alicyclic amines) is 1. The van der Waals surface area contributed by atoms with Crippen LogP contribution in [0, 0.1) is 40.2 Å². The summed E-state index contributed by atoms with van der Waals surface area (Å²) in [7, 11) is -3.81. The number of amides is 1. The molecule has 2 bridgehead atoms. The molecule has 1 unspecified atom stereocenters. The van der Waals surface area contributed by atoms with Crippen molar-refractivity contribution >= 4 is 15.7 Å². The minimum absolute atomic E-state index is 0.0322. The summed E-state index contributed by atoms with van der Waals surface area (Å²) >= 11 is 0. The van der Waals surface area contributed by atoms with E-state index in [1.54, 1.807) is 31.7 Å². The lowest BCUT2D eigenvalue weighted by atomic mass is 9.96. The number of halogens is 2. The van der Waals surface area contributed by atoms with E-state index < -0.39 is 51.5 Å². The Morgan fingerprint density at radius 1 is 1.20 bits per heavy atom. The number of carbonyl (C=O) groups excluding carboxylic acids is 1. The summed E-state index contributed by atoms with van der Waals surface area (Å²) in [5, 5.41) is 32.3. The van der Waals surface area contributed by atoms with Gasteiger partial charge in [-0.1, -0.05) is 18.2 Å². The van der Waals surface area contributed by atoms with Gasteiger partial charge in [-0.3, -0.25) is 4.79 Å². The molecule has 2 N–H and O–H groups in total. The van der Waals surface area contributed by atoms with Gasteiger partial charge < -0.3 is 15.2 Å². The van der Waals surface area contributed by atoms with Crippen molar-refractivity contribution in [1.82, 2.24) is 10.2 Å². The largest absolute Gasteiger partial charge is 0.356 e. The summed E-state index contributed by atoms with van der Waals surface area (Å²) in [5.41, 5.74) is -1.09. The van der Waals surface area contributed by atoms with Crippen LogP contribution in [0.4, 0.5) is 8.78 Å². The molecular weight excluding hydrogens is 554 g/mol. The maximum absolute atomic E-state index is 15.2. The number of carbonyl (C=O) groups is 1. The predicted octanol–water partition coefficient (Wildman–Crippen LogP) is 3.40. The molecule has 0 spiro atoms. The van der Waals surface area contributed by atoms with Crippen LogP contribution < -0.4 is 5.32 Å². The van der Waals surface area contributed by atoms with Crippen molar-refractivity contribution in [2.24, 2.45) is 5.92 Å². The molecule has 2 fully saturated rings.